The molecule has 0 amide bonds. The van der Waals surface area contributed by atoms with E-state index >= 15 is 0 Å². The molecule has 0 saturated carbocycles. The molecule has 3 rings (SSSR count). The summed E-state index contributed by atoms with van der Waals surface area (Å²) in [5.74, 6) is 0. The highest BCUT2D eigenvalue weighted by atomic mass is 35.5. The molecular formula is C12H7ClN4O3. The monoisotopic (exact) mass is 290 g/mol. The Balaban J connectivity index is 2.19. The molecule has 0 aliphatic heterocycles. The average molecular weight is 291 g/mol. The molecule has 0 atom stereocenters. The summed E-state index contributed by atoms with van der Waals surface area (Å²) in [4.78, 5) is 10.7. The van der Waals surface area contributed by atoms with Crippen molar-refractivity contribution in [3.05, 3.63) is 51.5 Å². The van der Waals surface area contributed by atoms with E-state index in [1.807, 2.05) is 18.2 Å². The summed E-state index contributed by atoms with van der Waals surface area (Å²) in [5, 5.41) is 21.5. The average Bonchev–Trinajstić information content (AvgIpc) is 2.89. The summed E-state index contributed by atoms with van der Waals surface area (Å²) >= 11 is 6.02. The first-order chi connectivity index (χ1) is 9.66. The van der Waals surface area contributed by atoms with Crippen molar-refractivity contribution in [1.82, 2.24) is 10.3 Å². The predicted molar refractivity (Wildman–Crippen MR) is 73.2 cm³/mol. The lowest BCUT2D eigenvalue weighted by molar-refractivity contribution is -0.382. The Morgan fingerprint density at radius 1 is 1.20 bits per heavy atom. The molecule has 0 unspecified atom stereocenters. The van der Waals surface area contributed by atoms with Crippen LogP contribution in [0.2, 0.25) is 5.02 Å². The standard InChI is InChI=1S/C12H7ClN4O3/c13-8-6-9(14-7-4-2-1-3-5-7)12(17(18)19)11-10(8)15-20-16-11/h1-6,14H. The van der Waals surface area contributed by atoms with Crippen molar-refractivity contribution in [1.29, 1.82) is 0 Å². The first kappa shape index (κ1) is 12.4. The van der Waals surface area contributed by atoms with Gasteiger partial charge in [0.25, 0.3) is 0 Å². The zero-order chi connectivity index (χ0) is 14.1. The van der Waals surface area contributed by atoms with Crippen LogP contribution in [0, 0.1) is 10.1 Å². The normalized spacial score (nSPS) is 10.7. The molecule has 2 aromatic carbocycles. The quantitative estimate of drug-likeness (QED) is 0.586. The van der Waals surface area contributed by atoms with Crippen molar-refractivity contribution < 1.29 is 9.55 Å². The van der Waals surface area contributed by atoms with Crippen LogP contribution in [0.25, 0.3) is 11.0 Å². The van der Waals surface area contributed by atoms with Crippen molar-refractivity contribution in [3.63, 3.8) is 0 Å². The van der Waals surface area contributed by atoms with E-state index in [4.69, 9.17) is 11.6 Å². The molecule has 0 radical (unpaired) electrons. The summed E-state index contributed by atoms with van der Waals surface area (Å²) < 4.78 is 4.53. The molecule has 0 aliphatic rings. The van der Waals surface area contributed by atoms with Crippen LogP contribution in [0.15, 0.2) is 41.0 Å². The van der Waals surface area contributed by atoms with Gasteiger partial charge in [0.05, 0.1) is 9.95 Å². The second kappa shape index (κ2) is 4.78. The van der Waals surface area contributed by atoms with E-state index in [-0.39, 0.29) is 27.4 Å². The van der Waals surface area contributed by atoms with E-state index in [1.54, 1.807) is 12.1 Å². The highest BCUT2D eigenvalue weighted by molar-refractivity contribution is 6.35. The van der Waals surface area contributed by atoms with Gasteiger partial charge in [-0.15, -0.1) is 0 Å². The van der Waals surface area contributed by atoms with Gasteiger partial charge in [-0.3, -0.25) is 10.1 Å². The molecule has 1 aromatic heterocycles. The fourth-order valence-corrected chi connectivity index (χ4v) is 2.08. The number of hydrogen-bond donors (Lipinski definition) is 1. The molecule has 8 heteroatoms. The predicted octanol–water partition coefficient (Wildman–Crippen LogP) is 3.53. The second-order valence-corrected chi connectivity index (χ2v) is 4.37. The van der Waals surface area contributed by atoms with Gasteiger partial charge in [-0.05, 0) is 28.5 Å². The highest BCUT2D eigenvalue weighted by Gasteiger charge is 2.25. The van der Waals surface area contributed by atoms with Gasteiger partial charge in [0.1, 0.15) is 5.69 Å². The number of rotatable bonds is 3. The van der Waals surface area contributed by atoms with E-state index in [0.29, 0.717) is 5.69 Å². The number of aromatic nitrogens is 2. The Labute approximate surface area is 117 Å². The van der Waals surface area contributed by atoms with Gasteiger partial charge in [0, 0.05) is 5.69 Å². The van der Waals surface area contributed by atoms with Crippen LogP contribution in [0.5, 0.6) is 0 Å². The molecule has 3 aromatic rings. The molecule has 0 aliphatic carbocycles. The number of hydrogen-bond acceptors (Lipinski definition) is 6. The van der Waals surface area contributed by atoms with Crippen molar-refractivity contribution in [2.75, 3.05) is 5.32 Å². The molecule has 0 fully saturated rings. The molecule has 1 N–H and O–H groups in total. The topological polar surface area (TPSA) is 94.1 Å². The molecule has 0 spiro atoms. The summed E-state index contributed by atoms with van der Waals surface area (Å²) in [7, 11) is 0. The number of nitrogens with one attached hydrogen (secondary N) is 1. The number of nitro groups is 1. The summed E-state index contributed by atoms with van der Waals surface area (Å²) in [6.07, 6.45) is 0. The first-order valence-corrected chi connectivity index (χ1v) is 5.96. The summed E-state index contributed by atoms with van der Waals surface area (Å²) in [6, 6.07) is 10.5. The van der Waals surface area contributed by atoms with Gasteiger partial charge < -0.3 is 5.32 Å². The van der Waals surface area contributed by atoms with Crippen LogP contribution in [0.4, 0.5) is 17.1 Å². The number of fused-ring (bicyclic) bond motifs is 1. The maximum absolute atomic E-state index is 11.2. The Bertz CT molecular complexity index is 788. The third kappa shape index (κ3) is 2.04. The van der Waals surface area contributed by atoms with Gasteiger partial charge >= 0.3 is 5.69 Å². The van der Waals surface area contributed by atoms with Crippen LogP contribution in [0.1, 0.15) is 0 Å². The minimum atomic E-state index is -0.547. The van der Waals surface area contributed by atoms with Crippen LogP contribution in [0.3, 0.4) is 0 Å². The maximum Gasteiger partial charge on any atom is 0.324 e. The van der Waals surface area contributed by atoms with E-state index in [1.165, 1.54) is 6.07 Å². The number of nitro benzene ring substituents is 1. The summed E-state index contributed by atoms with van der Waals surface area (Å²) in [6.45, 7) is 0. The van der Waals surface area contributed by atoms with Gasteiger partial charge in [-0.2, -0.15) is 0 Å². The van der Waals surface area contributed by atoms with Gasteiger partial charge in [0.2, 0.25) is 5.52 Å². The van der Waals surface area contributed by atoms with Crippen LogP contribution < -0.4 is 5.32 Å². The van der Waals surface area contributed by atoms with Crippen molar-refractivity contribution in [2.24, 2.45) is 0 Å². The maximum atomic E-state index is 11.2. The largest absolute Gasteiger partial charge is 0.350 e. The molecule has 100 valence electrons. The van der Waals surface area contributed by atoms with Gasteiger partial charge in [-0.25, -0.2) is 4.63 Å². The lowest BCUT2D eigenvalue weighted by atomic mass is 10.2. The number of anilines is 2. The third-order valence-corrected chi connectivity index (χ3v) is 2.99. The molecule has 20 heavy (non-hydrogen) atoms. The zero-order valence-corrected chi connectivity index (χ0v) is 10.7. The van der Waals surface area contributed by atoms with E-state index in [0.717, 1.165) is 0 Å². The zero-order valence-electron chi connectivity index (χ0n) is 9.91. The van der Waals surface area contributed by atoms with E-state index in [2.05, 4.69) is 20.3 Å². The van der Waals surface area contributed by atoms with E-state index < -0.39 is 4.92 Å². The van der Waals surface area contributed by atoms with Crippen molar-refractivity contribution in [2.45, 2.75) is 0 Å². The van der Waals surface area contributed by atoms with Crippen LogP contribution >= 0.6 is 11.6 Å². The fourth-order valence-electron chi connectivity index (χ4n) is 1.85. The fraction of sp³-hybridized carbons (Fsp3) is 0. The Hall–Kier alpha value is -2.67. The molecular weight excluding hydrogens is 284 g/mol. The highest BCUT2D eigenvalue weighted by Crippen LogP contribution is 2.37. The minimum Gasteiger partial charge on any atom is -0.350 e. The number of benzene rings is 2. The number of nitrogens with zero attached hydrogens (tertiary/aromatic N) is 3. The van der Waals surface area contributed by atoms with Crippen molar-refractivity contribution in [3.8, 4) is 0 Å². The summed E-state index contributed by atoms with van der Waals surface area (Å²) in [5.41, 5.74) is 0.879. The Morgan fingerprint density at radius 2 is 1.90 bits per heavy atom. The number of halogens is 1. The van der Waals surface area contributed by atoms with Gasteiger partial charge in [-0.1, -0.05) is 29.8 Å². The lowest BCUT2D eigenvalue weighted by Gasteiger charge is -2.07. The Morgan fingerprint density at radius 3 is 2.60 bits per heavy atom. The van der Waals surface area contributed by atoms with E-state index in [9.17, 15) is 10.1 Å². The van der Waals surface area contributed by atoms with Crippen LogP contribution in [-0.2, 0) is 0 Å². The number of para-hydroxylation sites is 1. The molecule has 1 heterocycles. The Kier molecular flexibility index (Phi) is 2.96. The SMILES string of the molecule is O=[N+]([O-])c1c(Nc2ccccc2)cc(Cl)c2nonc12. The third-order valence-electron chi connectivity index (χ3n) is 2.70. The van der Waals surface area contributed by atoms with Crippen molar-refractivity contribution >= 4 is 39.7 Å². The lowest BCUT2D eigenvalue weighted by Crippen LogP contribution is -1.98. The first-order valence-electron chi connectivity index (χ1n) is 5.58. The van der Waals surface area contributed by atoms with Crippen LogP contribution in [-0.4, -0.2) is 15.2 Å². The second-order valence-electron chi connectivity index (χ2n) is 3.96. The smallest absolute Gasteiger partial charge is 0.324 e. The minimum absolute atomic E-state index is 0.0148. The molecule has 7 nitrogen and oxygen atoms in total. The molecule has 0 saturated heterocycles. The molecule has 0 bridgehead atoms. The van der Waals surface area contributed by atoms with Gasteiger partial charge in [0.15, 0.2) is 5.52 Å².